The van der Waals surface area contributed by atoms with Crippen LogP contribution in [0.15, 0.2) is 72.8 Å². The summed E-state index contributed by atoms with van der Waals surface area (Å²) >= 11 is 0. The van der Waals surface area contributed by atoms with Crippen molar-refractivity contribution >= 4 is 5.97 Å². The molecule has 3 aromatic rings. The summed E-state index contributed by atoms with van der Waals surface area (Å²) in [5.74, 6) is 12.6. The minimum atomic E-state index is -0.352. The molecule has 0 saturated carbocycles. The van der Waals surface area contributed by atoms with Gasteiger partial charge in [-0.15, -0.1) is 0 Å². The third kappa shape index (κ3) is 7.19. The molecule has 0 aliphatic heterocycles. The number of benzene rings is 3. The lowest BCUT2D eigenvalue weighted by Crippen LogP contribution is -2.08. The first-order valence-corrected chi connectivity index (χ1v) is 11.2. The van der Waals surface area contributed by atoms with E-state index in [4.69, 9.17) is 4.74 Å². The largest absolute Gasteiger partial charge is 0.423 e. The Labute approximate surface area is 191 Å². The molecule has 0 saturated heterocycles. The maximum absolute atomic E-state index is 12.4. The Balaban J connectivity index is 1.56. The molecule has 0 N–H and O–H groups in total. The topological polar surface area (TPSA) is 26.3 Å². The second-order valence-corrected chi connectivity index (χ2v) is 7.55. The predicted octanol–water partition coefficient (Wildman–Crippen LogP) is 6.80. The molecule has 0 aliphatic carbocycles. The SMILES string of the molecule is CCC#Cc1ccc(C#Cc2ccc(OC(=O)c3ccc(CCCCC)cc3)cc2)cc1. The molecule has 3 aromatic carbocycles. The van der Waals surface area contributed by atoms with Gasteiger partial charge in [-0.2, -0.15) is 0 Å². The quantitative estimate of drug-likeness (QED) is 0.190. The summed E-state index contributed by atoms with van der Waals surface area (Å²) in [7, 11) is 0. The fourth-order valence-corrected chi connectivity index (χ4v) is 3.13. The molecule has 0 aromatic heterocycles. The van der Waals surface area contributed by atoms with Crippen molar-refractivity contribution in [1.29, 1.82) is 0 Å². The van der Waals surface area contributed by atoms with Crippen molar-refractivity contribution in [3.63, 3.8) is 0 Å². The number of esters is 1. The summed E-state index contributed by atoms with van der Waals surface area (Å²) in [5.41, 5.74) is 4.59. The second kappa shape index (κ2) is 12.2. The van der Waals surface area contributed by atoms with Crippen molar-refractivity contribution in [3.05, 3.63) is 101 Å². The molecule has 2 nitrogen and oxygen atoms in total. The van der Waals surface area contributed by atoms with Crippen LogP contribution in [-0.4, -0.2) is 5.97 Å². The van der Waals surface area contributed by atoms with Crippen LogP contribution in [0.25, 0.3) is 0 Å². The Kier molecular flexibility index (Phi) is 8.73. The van der Waals surface area contributed by atoms with Crippen molar-refractivity contribution in [3.8, 4) is 29.4 Å². The molecular weight excluding hydrogens is 392 g/mol. The summed E-state index contributed by atoms with van der Waals surface area (Å²) < 4.78 is 5.50. The van der Waals surface area contributed by atoms with Gasteiger partial charge in [0.1, 0.15) is 5.75 Å². The number of aryl methyl sites for hydroxylation is 1. The fourth-order valence-electron chi connectivity index (χ4n) is 3.13. The smallest absolute Gasteiger partial charge is 0.343 e. The number of rotatable bonds is 6. The zero-order valence-corrected chi connectivity index (χ0v) is 18.8. The van der Waals surface area contributed by atoms with Gasteiger partial charge in [-0.25, -0.2) is 4.79 Å². The van der Waals surface area contributed by atoms with Gasteiger partial charge in [0.05, 0.1) is 5.56 Å². The predicted molar refractivity (Wildman–Crippen MR) is 131 cm³/mol. The lowest BCUT2D eigenvalue weighted by atomic mass is 10.1. The number of carbonyl (C=O) groups excluding carboxylic acids is 1. The van der Waals surface area contributed by atoms with Crippen LogP contribution in [-0.2, 0) is 6.42 Å². The average Bonchev–Trinajstić information content (AvgIpc) is 2.83. The summed E-state index contributed by atoms with van der Waals surface area (Å²) in [6.07, 6.45) is 5.50. The fraction of sp³-hybridized carbons (Fsp3) is 0.233. The van der Waals surface area contributed by atoms with Gasteiger partial charge in [0.15, 0.2) is 0 Å². The molecule has 0 unspecified atom stereocenters. The van der Waals surface area contributed by atoms with Gasteiger partial charge in [-0.3, -0.25) is 0 Å². The van der Waals surface area contributed by atoms with Gasteiger partial charge < -0.3 is 4.74 Å². The van der Waals surface area contributed by atoms with E-state index >= 15 is 0 Å². The van der Waals surface area contributed by atoms with Gasteiger partial charge in [-0.1, -0.05) is 62.5 Å². The lowest BCUT2D eigenvalue weighted by molar-refractivity contribution is 0.0734. The molecule has 0 aliphatic rings. The lowest BCUT2D eigenvalue weighted by Gasteiger charge is -2.06. The molecule has 2 heteroatoms. The number of unbranched alkanes of at least 4 members (excludes halogenated alkanes) is 2. The van der Waals surface area contributed by atoms with E-state index in [0.29, 0.717) is 11.3 Å². The molecule has 3 rings (SSSR count). The maximum Gasteiger partial charge on any atom is 0.343 e. The van der Waals surface area contributed by atoms with E-state index < -0.39 is 0 Å². The average molecular weight is 421 g/mol. The highest BCUT2D eigenvalue weighted by Gasteiger charge is 2.08. The highest BCUT2D eigenvalue weighted by atomic mass is 16.5. The molecule has 0 fully saturated rings. The van der Waals surface area contributed by atoms with Crippen molar-refractivity contribution in [2.24, 2.45) is 0 Å². The zero-order valence-electron chi connectivity index (χ0n) is 18.8. The Morgan fingerprint density at radius 2 is 1.28 bits per heavy atom. The van der Waals surface area contributed by atoms with Crippen LogP contribution in [0.4, 0.5) is 0 Å². The molecule has 0 bridgehead atoms. The third-order valence-electron chi connectivity index (χ3n) is 4.97. The molecule has 0 heterocycles. The minimum absolute atomic E-state index is 0.352. The normalized spacial score (nSPS) is 9.81. The Morgan fingerprint density at radius 1 is 0.719 bits per heavy atom. The van der Waals surface area contributed by atoms with E-state index in [0.717, 1.165) is 29.5 Å². The number of ether oxygens (including phenoxy) is 1. The highest BCUT2D eigenvalue weighted by molar-refractivity contribution is 5.91. The summed E-state index contributed by atoms with van der Waals surface area (Å²) in [6.45, 7) is 4.23. The minimum Gasteiger partial charge on any atom is -0.423 e. The Bertz CT molecular complexity index is 1130. The number of carbonyl (C=O) groups is 1. The van der Waals surface area contributed by atoms with Crippen LogP contribution in [0.2, 0.25) is 0 Å². The van der Waals surface area contributed by atoms with E-state index in [1.165, 1.54) is 24.8 Å². The van der Waals surface area contributed by atoms with Crippen LogP contribution in [0, 0.1) is 23.7 Å². The van der Waals surface area contributed by atoms with Gasteiger partial charge in [0.25, 0.3) is 0 Å². The van der Waals surface area contributed by atoms with Crippen molar-refractivity contribution in [2.75, 3.05) is 0 Å². The van der Waals surface area contributed by atoms with Crippen molar-refractivity contribution in [2.45, 2.75) is 46.0 Å². The molecule has 0 atom stereocenters. The molecule has 160 valence electrons. The first kappa shape index (κ1) is 22.9. The van der Waals surface area contributed by atoms with Crippen LogP contribution in [0.3, 0.4) is 0 Å². The monoisotopic (exact) mass is 420 g/mol. The van der Waals surface area contributed by atoms with Crippen molar-refractivity contribution < 1.29 is 9.53 Å². The van der Waals surface area contributed by atoms with E-state index in [1.807, 2.05) is 67.6 Å². The summed E-state index contributed by atoms with van der Waals surface area (Å²) in [4.78, 5) is 12.4. The third-order valence-corrected chi connectivity index (χ3v) is 4.97. The summed E-state index contributed by atoms with van der Waals surface area (Å²) in [5, 5.41) is 0. The van der Waals surface area contributed by atoms with Gasteiger partial charge >= 0.3 is 5.97 Å². The van der Waals surface area contributed by atoms with Gasteiger partial charge in [0, 0.05) is 23.1 Å². The van der Waals surface area contributed by atoms with Crippen molar-refractivity contribution in [1.82, 2.24) is 0 Å². The number of hydrogen-bond acceptors (Lipinski definition) is 2. The molecule has 0 radical (unpaired) electrons. The second-order valence-electron chi connectivity index (χ2n) is 7.55. The zero-order chi connectivity index (χ0) is 22.6. The van der Waals surface area contributed by atoms with E-state index in [1.54, 1.807) is 12.1 Å². The van der Waals surface area contributed by atoms with E-state index in [2.05, 4.69) is 30.6 Å². The van der Waals surface area contributed by atoms with E-state index in [9.17, 15) is 4.79 Å². The maximum atomic E-state index is 12.4. The first-order chi connectivity index (χ1) is 15.7. The standard InChI is InChI=1S/C30H28O2/c1-3-5-7-9-25-16-20-28(21-17-25)30(31)32-29-22-18-27(19-23-29)15-14-26-12-10-24(11-13-26)8-6-4-2/h10-13,16-23H,3-5,7,9H2,1-2H3. The highest BCUT2D eigenvalue weighted by Crippen LogP contribution is 2.15. The van der Waals surface area contributed by atoms with Crippen LogP contribution in [0.5, 0.6) is 5.75 Å². The van der Waals surface area contributed by atoms with Crippen LogP contribution < -0.4 is 4.74 Å². The van der Waals surface area contributed by atoms with Gasteiger partial charge in [0.2, 0.25) is 0 Å². The summed E-state index contributed by atoms with van der Waals surface area (Å²) in [6, 6.07) is 22.8. The number of hydrogen-bond donors (Lipinski definition) is 0. The molecular formula is C30H28O2. The Morgan fingerprint density at radius 3 is 1.84 bits per heavy atom. The molecule has 0 amide bonds. The van der Waals surface area contributed by atoms with E-state index in [-0.39, 0.29) is 5.97 Å². The Hall–Kier alpha value is -3.75. The molecule has 32 heavy (non-hydrogen) atoms. The molecule has 0 spiro atoms. The van der Waals surface area contributed by atoms with Crippen LogP contribution >= 0.6 is 0 Å². The first-order valence-electron chi connectivity index (χ1n) is 11.2. The van der Waals surface area contributed by atoms with Gasteiger partial charge in [-0.05, 0) is 79.1 Å². The van der Waals surface area contributed by atoms with Crippen LogP contribution in [0.1, 0.15) is 72.1 Å².